The van der Waals surface area contributed by atoms with Crippen LogP contribution in [0.25, 0.3) is 0 Å². The number of carbonyl (C=O) groups is 1. The maximum absolute atomic E-state index is 12.2. The van der Waals surface area contributed by atoms with Gasteiger partial charge in [0.1, 0.15) is 5.75 Å². The van der Waals surface area contributed by atoms with E-state index in [-0.39, 0.29) is 6.03 Å². The third-order valence-corrected chi connectivity index (χ3v) is 5.26. The van der Waals surface area contributed by atoms with Crippen LogP contribution in [0.1, 0.15) is 33.1 Å². The predicted octanol–water partition coefficient (Wildman–Crippen LogP) is 3.96. The quantitative estimate of drug-likeness (QED) is 0.862. The van der Waals surface area contributed by atoms with Crippen molar-refractivity contribution in [1.29, 1.82) is 0 Å². The number of rotatable bonds is 4. The van der Waals surface area contributed by atoms with E-state index in [1.54, 1.807) is 19.2 Å². The minimum Gasteiger partial charge on any atom is -0.495 e. The molecule has 0 unspecified atom stereocenters. The highest BCUT2D eigenvalue weighted by Crippen LogP contribution is 2.33. The van der Waals surface area contributed by atoms with Gasteiger partial charge in [0.05, 0.1) is 12.8 Å². The van der Waals surface area contributed by atoms with Crippen LogP contribution in [0, 0.1) is 0 Å². The van der Waals surface area contributed by atoms with Crippen molar-refractivity contribution in [2.24, 2.45) is 0 Å². The first-order valence-electron chi connectivity index (χ1n) is 8.41. The predicted molar refractivity (Wildman–Crippen MR) is 101 cm³/mol. The number of piperidine rings is 1. The van der Waals surface area contributed by atoms with Crippen molar-refractivity contribution in [2.45, 2.75) is 45.2 Å². The Morgan fingerprint density at radius 1 is 1.20 bits per heavy atom. The number of ether oxygens (including phenoxy) is 1. The Morgan fingerprint density at radius 3 is 2.64 bits per heavy atom. The molecular formula is C17H23N5O2S. The fourth-order valence-electron chi connectivity index (χ4n) is 3.17. The second-order valence-electron chi connectivity index (χ2n) is 6.21. The van der Waals surface area contributed by atoms with Gasteiger partial charge >= 0.3 is 6.03 Å². The molecule has 2 amide bonds. The van der Waals surface area contributed by atoms with Crippen molar-refractivity contribution < 1.29 is 9.53 Å². The number of aromatic nitrogens is 2. The van der Waals surface area contributed by atoms with E-state index in [1.807, 2.05) is 12.1 Å². The van der Waals surface area contributed by atoms with Crippen molar-refractivity contribution >= 4 is 33.3 Å². The number of urea groups is 1. The molecule has 134 valence electrons. The first kappa shape index (κ1) is 17.5. The van der Waals surface area contributed by atoms with Crippen LogP contribution in [0.15, 0.2) is 24.3 Å². The number of methoxy groups -OCH3 is 1. The highest BCUT2D eigenvalue weighted by atomic mass is 32.1. The van der Waals surface area contributed by atoms with Crippen LogP contribution in [0.2, 0.25) is 0 Å². The second kappa shape index (κ2) is 7.69. The molecule has 0 saturated carbocycles. The maximum atomic E-state index is 12.2. The van der Waals surface area contributed by atoms with Gasteiger partial charge in [-0.3, -0.25) is 5.32 Å². The summed E-state index contributed by atoms with van der Waals surface area (Å²) in [6, 6.07) is 7.75. The van der Waals surface area contributed by atoms with E-state index in [1.165, 1.54) is 17.8 Å². The normalized spacial score (nSPS) is 20.2. The summed E-state index contributed by atoms with van der Waals surface area (Å²) in [5.74, 6) is 0.603. The molecule has 2 heterocycles. The van der Waals surface area contributed by atoms with Gasteiger partial charge in [-0.25, -0.2) is 4.79 Å². The van der Waals surface area contributed by atoms with E-state index in [9.17, 15) is 4.79 Å². The molecule has 2 N–H and O–H groups in total. The van der Waals surface area contributed by atoms with Crippen molar-refractivity contribution in [3.8, 4) is 5.75 Å². The van der Waals surface area contributed by atoms with Gasteiger partial charge in [-0.2, -0.15) is 0 Å². The number of hydrogen-bond donors (Lipinski definition) is 2. The van der Waals surface area contributed by atoms with Crippen molar-refractivity contribution in [3.63, 3.8) is 0 Å². The highest BCUT2D eigenvalue weighted by Gasteiger charge is 2.27. The lowest BCUT2D eigenvalue weighted by atomic mass is 9.98. The van der Waals surface area contributed by atoms with E-state index >= 15 is 0 Å². The molecule has 1 aromatic carbocycles. The average molecular weight is 361 g/mol. The van der Waals surface area contributed by atoms with Gasteiger partial charge in [-0.15, -0.1) is 10.2 Å². The summed E-state index contributed by atoms with van der Waals surface area (Å²) in [4.78, 5) is 14.5. The molecule has 8 heteroatoms. The molecule has 0 radical (unpaired) electrons. The van der Waals surface area contributed by atoms with E-state index < -0.39 is 0 Å². The molecule has 1 aliphatic heterocycles. The summed E-state index contributed by atoms with van der Waals surface area (Å²) in [6.07, 6.45) is 3.55. The molecule has 2 aromatic rings. The van der Waals surface area contributed by atoms with Crippen molar-refractivity contribution in [3.05, 3.63) is 24.3 Å². The number of anilines is 3. The van der Waals surface area contributed by atoms with Crippen molar-refractivity contribution in [1.82, 2.24) is 10.2 Å². The minimum absolute atomic E-state index is 0.369. The minimum atomic E-state index is -0.369. The maximum Gasteiger partial charge on any atom is 0.325 e. The number of benzene rings is 1. The molecule has 7 nitrogen and oxygen atoms in total. The Labute approximate surface area is 151 Å². The molecule has 3 rings (SSSR count). The smallest absolute Gasteiger partial charge is 0.325 e. The van der Waals surface area contributed by atoms with Crippen LogP contribution in [0.5, 0.6) is 5.75 Å². The fraction of sp³-hybridized carbons (Fsp3) is 0.471. The summed E-state index contributed by atoms with van der Waals surface area (Å²) >= 11 is 1.40. The van der Waals surface area contributed by atoms with Gasteiger partial charge in [-0.1, -0.05) is 23.5 Å². The number of hydrogen-bond acceptors (Lipinski definition) is 6. The molecule has 2 atom stereocenters. The molecular weight excluding hydrogens is 338 g/mol. The fourth-order valence-corrected chi connectivity index (χ4v) is 4.11. The standard InChI is InChI=1S/C17H23N5O2S/c1-11-7-6-8-12(2)22(11)17-21-20-16(25-17)19-15(23)18-13-9-4-5-10-14(13)24-3/h4-5,9-12H,6-8H2,1-3H3,(H2,18,19,20,23)/t11-,12-/m1/s1. The van der Waals surface area contributed by atoms with Crippen molar-refractivity contribution in [2.75, 3.05) is 22.6 Å². The molecule has 0 bridgehead atoms. The molecule has 0 spiro atoms. The van der Waals surface area contributed by atoms with Gasteiger partial charge in [0, 0.05) is 12.1 Å². The summed E-state index contributed by atoms with van der Waals surface area (Å²) < 4.78 is 5.23. The Balaban J connectivity index is 1.66. The highest BCUT2D eigenvalue weighted by molar-refractivity contribution is 7.19. The van der Waals surface area contributed by atoms with Crippen LogP contribution in [0.3, 0.4) is 0 Å². The zero-order chi connectivity index (χ0) is 17.8. The van der Waals surface area contributed by atoms with Gasteiger partial charge in [0.2, 0.25) is 10.3 Å². The lowest BCUT2D eigenvalue weighted by Crippen LogP contribution is -2.43. The monoisotopic (exact) mass is 361 g/mol. The summed E-state index contributed by atoms with van der Waals surface area (Å²) in [7, 11) is 1.57. The number of nitrogens with zero attached hydrogens (tertiary/aromatic N) is 3. The molecule has 25 heavy (non-hydrogen) atoms. The Kier molecular flexibility index (Phi) is 5.37. The van der Waals surface area contributed by atoms with Gasteiger partial charge in [-0.05, 0) is 45.2 Å². The van der Waals surface area contributed by atoms with Crippen LogP contribution in [0.4, 0.5) is 20.7 Å². The lowest BCUT2D eigenvalue weighted by Gasteiger charge is -2.38. The second-order valence-corrected chi connectivity index (χ2v) is 7.16. The van der Waals surface area contributed by atoms with Crippen LogP contribution in [-0.4, -0.2) is 35.4 Å². The van der Waals surface area contributed by atoms with Gasteiger partial charge in [0.15, 0.2) is 0 Å². The third kappa shape index (κ3) is 4.01. The Hall–Kier alpha value is -2.35. The van der Waals surface area contributed by atoms with Crippen LogP contribution < -0.4 is 20.3 Å². The topological polar surface area (TPSA) is 79.4 Å². The number of nitrogens with one attached hydrogen (secondary N) is 2. The first-order valence-corrected chi connectivity index (χ1v) is 9.23. The van der Waals surface area contributed by atoms with Crippen LogP contribution in [-0.2, 0) is 0 Å². The Bertz CT molecular complexity index is 725. The molecule has 1 aliphatic rings. The number of para-hydroxylation sites is 2. The van der Waals surface area contributed by atoms with Crippen LogP contribution >= 0.6 is 11.3 Å². The van der Waals surface area contributed by atoms with E-state index in [4.69, 9.17) is 4.74 Å². The summed E-state index contributed by atoms with van der Waals surface area (Å²) in [6.45, 7) is 4.41. The molecule has 1 aromatic heterocycles. The zero-order valence-corrected chi connectivity index (χ0v) is 15.5. The van der Waals surface area contributed by atoms with Gasteiger partial charge in [0.25, 0.3) is 0 Å². The van der Waals surface area contributed by atoms with E-state index in [0.29, 0.717) is 28.7 Å². The number of amides is 2. The zero-order valence-electron chi connectivity index (χ0n) is 14.7. The summed E-state index contributed by atoms with van der Waals surface area (Å²) in [5.41, 5.74) is 0.602. The third-order valence-electron chi connectivity index (χ3n) is 4.40. The first-order chi connectivity index (χ1) is 12.1. The largest absolute Gasteiger partial charge is 0.495 e. The summed E-state index contributed by atoms with van der Waals surface area (Å²) in [5, 5.41) is 15.2. The van der Waals surface area contributed by atoms with Gasteiger partial charge < -0.3 is 15.0 Å². The van der Waals surface area contributed by atoms with E-state index in [2.05, 4.69) is 39.6 Å². The van der Waals surface area contributed by atoms with E-state index in [0.717, 1.165) is 18.0 Å². The average Bonchev–Trinajstić information content (AvgIpc) is 3.03. The Morgan fingerprint density at radius 2 is 1.92 bits per heavy atom. The molecule has 0 aliphatic carbocycles. The number of carbonyl (C=O) groups excluding carboxylic acids is 1. The molecule has 1 saturated heterocycles. The molecule has 1 fully saturated rings. The SMILES string of the molecule is COc1ccccc1NC(=O)Nc1nnc(N2[C@H](C)CCC[C@H]2C)s1. The lowest BCUT2D eigenvalue weighted by molar-refractivity contribution is 0.262.